The fourth-order valence-corrected chi connectivity index (χ4v) is 4.06. The molecule has 2 rings (SSSR count). The van der Waals surface area contributed by atoms with Crippen LogP contribution < -0.4 is 0 Å². The second-order valence-electron chi connectivity index (χ2n) is 9.08. The Morgan fingerprint density at radius 2 is 1.14 bits per heavy atom. The van der Waals surface area contributed by atoms with E-state index in [4.69, 9.17) is 0 Å². The van der Waals surface area contributed by atoms with Crippen LogP contribution >= 0.6 is 0 Å². The number of benzene rings is 2. The van der Waals surface area contributed by atoms with Gasteiger partial charge < -0.3 is 15.1 Å². The summed E-state index contributed by atoms with van der Waals surface area (Å²) in [6.45, 7) is 14.7. The van der Waals surface area contributed by atoms with Gasteiger partial charge in [0.1, 0.15) is 11.5 Å². The van der Waals surface area contributed by atoms with Crippen molar-refractivity contribution in [1.29, 1.82) is 0 Å². The summed E-state index contributed by atoms with van der Waals surface area (Å²) < 4.78 is 0. The maximum atomic E-state index is 9.71. The maximum Gasteiger partial charge on any atom is 0.115 e. The van der Waals surface area contributed by atoms with Crippen LogP contribution in [0.4, 0.5) is 0 Å². The van der Waals surface area contributed by atoms with Crippen molar-refractivity contribution in [1.82, 2.24) is 4.90 Å². The minimum Gasteiger partial charge on any atom is -0.508 e. The predicted molar refractivity (Wildman–Crippen MR) is 118 cm³/mol. The van der Waals surface area contributed by atoms with E-state index in [0.29, 0.717) is 11.8 Å². The summed E-state index contributed by atoms with van der Waals surface area (Å²) in [5.74, 6) is 1.91. The molecule has 0 aliphatic rings. The first-order valence-corrected chi connectivity index (χ1v) is 10.5. The quantitative estimate of drug-likeness (QED) is 0.545. The molecule has 28 heavy (non-hydrogen) atoms. The van der Waals surface area contributed by atoms with Crippen LogP contribution in [0.15, 0.2) is 48.5 Å². The Morgan fingerprint density at radius 1 is 0.750 bits per heavy atom. The molecule has 0 fully saturated rings. The average Bonchev–Trinajstić information content (AvgIpc) is 2.61. The molecule has 0 saturated heterocycles. The topological polar surface area (TPSA) is 43.7 Å². The molecule has 2 aromatic carbocycles. The molecule has 0 spiro atoms. The molecule has 3 nitrogen and oxygen atoms in total. The number of rotatable bonds is 10. The Labute approximate surface area is 171 Å². The third-order valence-corrected chi connectivity index (χ3v) is 5.41. The van der Waals surface area contributed by atoms with Gasteiger partial charge in [0, 0.05) is 18.5 Å². The van der Waals surface area contributed by atoms with Crippen molar-refractivity contribution in [2.24, 2.45) is 11.8 Å². The molecule has 2 N–H and O–H groups in total. The van der Waals surface area contributed by atoms with Crippen LogP contribution in [0.1, 0.15) is 58.6 Å². The van der Waals surface area contributed by atoms with Crippen LogP contribution in [-0.4, -0.2) is 34.7 Å². The molecule has 0 radical (unpaired) electrons. The lowest BCUT2D eigenvalue weighted by Crippen LogP contribution is -2.33. The number of phenols is 2. The summed E-state index contributed by atoms with van der Waals surface area (Å²) >= 11 is 0. The van der Waals surface area contributed by atoms with E-state index in [1.807, 2.05) is 24.3 Å². The van der Waals surface area contributed by atoms with E-state index in [0.717, 1.165) is 32.5 Å². The van der Waals surface area contributed by atoms with Crippen molar-refractivity contribution in [2.45, 2.75) is 52.9 Å². The van der Waals surface area contributed by atoms with E-state index < -0.39 is 0 Å². The van der Waals surface area contributed by atoms with E-state index in [2.05, 4.69) is 39.5 Å². The van der Waals surface area contributed by atoms with Crippen molar-refractivity contribution < 1.29 is 10.2 Å². The number of nitrogens with zero attached hydrogens (tertiary/aromatic N) is 1. The molecule has 0 atom stereocenters. The largest absolute Gasteiger partial charge is 0.508 e. The zero-order valence-electron chi connectivity index (χ0n) is 18.2. The van der Waals surface area contributed by atoms with E-state index in [9.17, 15) is 10.2 Å². The van der Waals surface area contributed by atoms with Crippen molar-refractivity contribution in [3.8, 4) is 11.5 Å². The minimum atomic E-state index is -0.164. The lowest BCUT2D eigenvalue weighted by atomic mass is 9.73. The van der Waals surface area contributed by atoms with Gasteiger partial charge in [0.2, 0.25) is 0 Å². The van der Waals surface area contributed by atoms with Crippen LogP contribution in [-0.2, 0) is 5.41 Å². The summed E-state index contributed by atoms with van der Waals surface area (Å²) in [5, 5.41) is 19.4. The lowest BCUT2D eigenvalue weighted by molar-refractivity contribution is 0.211. The Hall–Kier alpha value is -2.00. The second kappa shape index (κ2) is 9.97. The Kier molecular flexibility index (Phi) is 7.94. The fourth-order valence-electron chi connectivity index (χ4n) is 4.06. The molecule has 0 aliphatic heterocycles. The number of aromatic hydroxyl groups is 2. The molecule has 0 saturated carbocycles. The van der Waals surface area contributed by atoms with E-state index in [1.54, 1.807) is 24.3 Å². The molecule has 2 aromatic rings. The Morgan fingerprint density at radius 3 is 1.50 bits per heavy atom. The minimum absolute atomic E-state index is 0.164. The summed E-state index contributed by atoms with van der Waals surface area (Å²) in [6.07, 6.45) is 2.10. The zero-order chi connectivity index (χ0) is 20.7. The summed E-state index contributed by atoms with van der Waals surface area (Å²) in [5.41, 5.74) is 2.22. The standard InChI is InChI=1S/C25H37NO2/c1-19(2)17-26(18-20(3)4)16-6-15-25(5,21-7-11-23(27)12-8-21)22-9-13-24(28)14-10-22/h7-14,19-20,27-28H,6,15-18H2,1-5H3. The molecular formula is C25H37NO2. The molecule has 0 bridgehead atoms. The molecule has 154 valence electrons. The SMILES string of the molecule is CC(C)CN(CCCC(C)(c1ccc(O)cc1)c1ccc(O)cc1)CC(C)C. The van der Waals surface area contributed by atoms with Crippen LogP contribution in [0.5, 0.6) is 11.5 Å². The molecule has 0 unspecified atom stereocenters. The van der Waals surface area contributed by atoms with Gasteiger partial charge in [-0.3, -0.25) is 0 Å². The number of phenolic OH excluding ortho intramolecular Hbond substituents is 2. The van der Waals surface area contributed by atoms with E-state index in [-0.39, 0.29) is 16.9 Å². The normalized spacial score (nSPS) is 12.3. The Balaban J connectivity index is 2.20. The molecule has 0 aromatic heterocycles. The van der Waals surface area contributed by atoms with E-state index >= 15 is 0 Å². The van der Waals surface area contributed by atoms with Gasteiger partial charge in [-0.15, -0.1) is 0 Å². The van der Waals surface area contributed by atoms with Gasteiger partial charge in [0.15, 0.2) is 0 Å². The lowest BCUT2D eigenvalue weighted by Gasteiger charge is -2.33. The molecule has 0 aliphatic carbocycles. The van der Waals surface area contributed by atoms with Gasteiger partial charge in [-0.1, -0.05) is 58.9 Å². The predicted octanol–water partition coefficient (Wildman–Crippen LogP) is 5.80. The highest BCUT2D eigenvalue weighted by Gasteiger charge is 2.29. The van der Waals surface area contributed by atoms with Crippen LogP contribution in [0.25, 0.3) is 0 Å². The maximum absolute atomic E-state index is 9.71. The third-order valence-electron chi connectivity index (χ3n) is 5.41. The highest BCUT2D eigenvalue weighted by atomic mass is 16.3. The molecule has 3 heteroatoms. The highest BCUT2D eigenvalue weighted by molar-refractivity contribution is 5.42. The first kappa shape index (κ1) is 22.3. The molecule has 0 heterocycles. The van der Waals surface area contributed by atoms with Gasteiger partial charge in [0.05, 0.1) is 0 Å². The monoisotopic (exact) mass is 383 g/mol. The number of hydrogen-bond donors (Lipinski definition) is 2. The van der Waals surface area contributed by atoms with Gasteiger partial charge in [-0.25, -0.2) is 0 Å². The second-order valence-corrected chi connectivity index (χ2v) is 9.08. The fraction of sp³-hybridized carbons (Fsp3) is 0.520. The average molecular weight is 384 g/mol. The van der Waals surface area contributed by atoms with Gasteiger partial charge in [-0.2, -0.15) is 0 Å². The molecule has 0 amide bonds. The van der Waals surface area contributed by atoms with Crippen molar-refractivity contribution >= 4 is 0 Å². The highest BCUT2D eigenvalue weighted by Crippen LogP contribution is 2.37. The van der Waals surface area contributed by atoms with Crippen LogP contribution in [0, 0.1) is 11.8 Å². The van der Waals surface area contributed by atoms with Gasteiger partial charge in [0.25, 0.3) is 0 Å². The summed E-state index contributed by atoms with van der Waals surface area (Å²) in [4.78, 5) is 2.59. The van der Waals surface area contributed by atoms with Crippen LogP contribution in [0.2, 0.25) is 0 Å². The first-order chi connectivity index (χ1) is 13.2. The number of hydrogen-bond acceptors (Lipinski definition) is 3. The van der Waals surface area contributed by atoms with Crippen molar-refractivity contribution in [3.05, 3.63) is 59.7 Å². The Bertz CT molecular complexity index is 649. The van der Waals surface area contributed by atoms with Crippen molar-refractivity contribution in [3.63, 3.8) is 0 Å². The summed E-state index contributed by atoms with van der Waals surface area (Å²) in [7, 11) is 0. The van der Waals surface area contributed by atoms with E-state index in [1.165, 1.54) is 11.1 Å². The zero-order valence-corrected chi connectivity index (χ0v) is 18.2. The first-order valence-electron chi connectivity index (χ1n) is 10.5. The molecular weight excluding hydrogens is 346 g/mol. The van der Waals surface area contributed by atoms with Gasteiger partial charge >= 0.3 is 0 Å². The summed E-state index contributed by atoms with van der Waals surface area (Å²) in [6, 6.07) is 15.1. The van der Waals surface area contributed by atoms with Gasteiger partial charge in [-0.05, 0) is 66.6 Å². The smallest absolute Gasteiger partial charge is 0.115 e. The van der Waals surface area contributed by atoms with Crippen molar-refractivity contribution in [2.75, 3.05) is 19.6 Å². The third kappa shape index (κ3) is 6.27. The van der Waals surface area contributed by atoms with Crippen LogP contribution in [0.3, 0.4) is 0 Å².